The number of amides is 1. The number of nitrogens with zero attached hydrogens (tertiary/aromatic N) is 1. The smallest absolute Gasteiger partial charge is 0.225 e. The summed E-state index contributed by atoms with van der Waals surface area (Å²) in [4.78, 5) is 16.9. The fourth-order valence-corrected chi connectivity index (χ4v) is 3.65. The Bertz CT molecular complexity index is 681. The molecule has 2 aromatic rings. The number of carbonyl (C=O) groups is 1. The molecule has 144 valence electrons. The van der Waals surface area contributed by atoms with E-state index in [0.29, 0.717) is 19.5 Å². The number of carbonyl (C=O) groups excluding carboxylic acids is 1. The predicted molar refractivity (Wildman–Crippen MR) is 112 cm³/mol. The van der Waals surface area contributed by atoms with Crippen molar-refractivity contribution in [2.75, 3.05) is 13.7 Å². The first-order valence-corrected chi connectivity index (χ1v) is 9.44. The van der Waals surface area contributed by atoms with Crippen molar-refractivity contribution in [3.63, 3.8) is 0 Å². The molecule has 0 fully saturated rings. The third-order valence-corrected chi connectivity index (χ3v) is 5.39. The minimum Gasteiger partial charge on any atom is -0.380 e. The summed E-state index contributed by atoms with van der Waals surface area (Å²) in [6.07, 6.45) is 0.0988. The van der Waals surface area contributed by atoms with E-state index in [4.69, 9.17) is 10.5 Å². The topological polar surface area (TPSA) is 55.6 Å². The Labute approximate surface area is 166 Å². The van der Waals surface area contributed by atoms with Crippen LogP contribution in [0.4, 0.5) is 0 Å². The lowest BCUT2D eigenvalue weighted by Crippen LogP contribution is -2.39. The highest BCUT2D eigenvalue weighted by Gasteiger charge is 2.21. The predicted octanol–water partition coefficient (Wildman–Crippen LogP) is 4.25. The quantitative estimate of drug-likeness (QED) is 0.725. The molecule has 0 aliphatic rings. The maximum absolute atomic E-state index is 12.6. The molecule has 1 heterocycles. The monoisotopic (exact) mass is 396 g/mol. The summed E-state index contributed by atoms with van der Waals surface area (Å²) >= 11 is 1.74. The van der Waals surface area contributed by atoms with Crippen molar-refractivity contribution in [1.82, 2.24) is 4.90 Å². The van der Waals surface area contributed by atoms with E-state index in [2.05, 4.69) is 43.3 Å². The maximum atomic E-state index is 12.6. The summed E-state index contributed by atoms with van der Waals surface area (Å²) in [5.74, 6) is 0.0811. The van der Waals surface area contributed by atoms with Crippen molar-refractivity contribution in [2.24, 2.45) is 5.73 Å². The van der Waals surface area contributed by atoms with Gasteiger partial charge in [-0.1, -0.05) is 29.8 Å². The number of aryl methyl sites for hydroxylation is 1. The van der Waals surface area contributed by atoms with Gasteiger partial charge in [0.1, 0.15) is 0 Å². The number of halogens is 1. The summed E-state index contributed by atoms with van der Waals surface area (Å²) in [5.41, 5.74) is 8.11. The van der Waals surface area contributed by atoms with Crippen LogP contribution in [0.1, 0.15) is 30.7 Å². The Balaban J connectivity index is 0.00000338. The van der Waals surface area contributed by atoms with Crippen molar-refractivity contribution in [2.45, 2.75) is 45.9 Å². The van der Waals surface area contributed by atoms with Gasteiger partial charge in [-0.15, -0.1) is 23.7 Å². The molecule has 0 spiro atoms. The van der Waals surface area contributed by atoms with Gasteiger partial charge in [-0.3, -0.25) is 4.79 Å². The van der Waals surface area contributed by atoms with Gasteiger partial charge in [-0.25, -0.2) is 0 Å². The number of hydrogen-bond acceptors (Lipinski definition) is 4. The molecule has 26 heavy (non-hydrogen) atoms. The van der Waals surface area contributed by atoms with Crippen LogP contribution in [0, 0.1) is 6.92 Å². The van der Waals surface area contributed by atoms with Gasteiger partial charge in [0.25, 0.3) is 0 Å². The zero-order chi connectivity index (χ0) is 18.4. The van der Waals surface area contributed by atoms with E-state index < -0.39 is 0 Å². The van der Waals surface area contributed by atoms with Gasteiger partial charge < -0.3 is 15.4 Å². The molecular formula is C20H29ClN2O2S. The van der Waals surface area contributed by atoms with E-state index in [1.165, 1.54) is 20.9 Å². The standard InChI is InChI=1S/C20H28N2O2S.ClH/c1-14(2)22(20(23)11-17(12-21)24-4)13-18-9-10-19(25-18)16-7-5-15(3)6-8-16;/h5-10,14,17H,11-13,21H2,1-4H3;1H. The third-order valence-electron chi connectivity index (χ3n) is 4.27. The van der Waals surface area contributed by atoms with Crippen LogP contribution >= 0.6 is 23.7 Å². The van der Waals surface area contributed by atoms with Crippen LogP contribution in [0.25, 0.3) is 10.4 Å². The summed E-state index contributed by atoms with van der Waals surface area (Å²) < 4.78 is 5.25. The molecule has 1 atom stereocenters. The number of benzene rings is 1. The van der Waals surface area contributed by atoms with Crippen molar-refractivity contribution in [3.05, 3.63) is 46.8 Å². The highest BCUT2D eigenvalue weighted by atomic mass is 35.5. The van der Waals surface area contributed by atoms with Crippen molar-refractivity contribution < 1.29 is 9.53 Å². The van der Waals surface area contributed by atoms with E-state index in [9.17, 15) is 4.79 Å². The van der Waals surface area contributed by atoms with Crippen LogP contribution in [-0.2, 0) is 16.1 Å². The number of thiophene rings is 1. The fraction of sp³-hybridized carbons (Fsp3) is 0.450. The Morgan fingerprint density at radius 2 is 1.85 bits per heavy atom. The molecule has 0 saturated carbocycles. The molecule has 4 nitrogen and oxygen atoms in total. The Hall–Kier alpha value is -1.40. The molecule has 0 radical (unpaired) electrons. The molecule has 6 heteroatoms. The van der Waals surface area contributed by atoms with Gasteiger partial charge in [0.05, 0.1) is 19.1 Å². The number of ether oxygens (including phenoxy) is 1. The largest absolute Gasteiger partial charge is 0.380 e. The second-order valence-electron chi connectivity index (χ2n) is 6.54. The van der Waals surface area contributed by atoms with E-state index >= 15 is 0 Å². The van der Waals surface area contributed by atoms with Crippen LogP contribution in [0.2, 0.25) is 0 Å². The lowest BCUT2D eigenvalue weighted by molar-refractivity contribution is -0.136. The first-order chi connectivity index (χ1) is 11.9. The third kappa shape index (κ3) is 6.09. The van der Waals surface area contributed by atoms with Crippen LogP contribution in [0.15, 0.2) is 36.4 Å². The lowest BCUT2D eigenvalue weighted by atomic mass is 10.1. The normalized spacial score (nSPS) is 11.9. The summed E-state index contributed by atoms with van der Waals surface area (Å²) in [6.45, 7) is 7.14. The SMILES string of the molecule is COC(CN)CC(=O)N(Cc1ccc(-c2ccc(C)cc2)s1)C(C)C.Cl. The minimum atomic E-state index is -0.222. The molecule has 0 aliphatic heterocycles. The Morgan fingerprint density at radius 1 is 1.19 bits per heavy atom. The molecule has 1 unspecified atom stereocenters. The molecule has 1 amide bonds. The Kier molecular flexibility index (Phi) is 9.30. The molecule has 0 aliphatic carbocycles. The van der Waals surface area contributed by atoms with E-state index in [0.717, 1.165) is 0 Å². The van der Waals surface area contributed by atoms with Gasteiger partial charge in [-0.05, 0) is 38.5 Å². The molecule has 1 aromatic heterocycles. The van der Waals surface area contributed by atoms with Crippen molar-refractivity contribution >= 4 is 29.7 Å². The van der Waals surface area contributed by atoms with Crippen LogP contribution < -0.4 is 5.73 Å². The molecular weight excluding hydrogens is 368 g/mol. The minimum absolute atomic E-state index is 0. The average Bonchev–Trinajstić information content (AvgIpc) is 3.06. The highest BCUT2D eigenvalue weighted by Crippen LogP contribution is 2.29. The summed E-state index contributed by atoms with van der Waals surface area (Å²) in [5, 5.41) is 0. The lowest BCUT2D eigenvalue weighted by Gasteiger charge is -2.27. The van der Waals surface area contributed by atoms with Crippen LogP contribution in [0.3, 0.4) is 0 Å². The fourth-order valence-electron chi connectivity index (χ4n) is 2.64. The number of nitrogens with two attached hydrogens (primary N) is 1. The van der Waals surface area contributed by atoms with E-state index in [1.54, 1.807) is 18.4 Å². The summed E-state index contributed by atoms with van der Waals surface area (Å²) in [7, 11) is 1.59. The highest BCUT2D eigenvalue weighted by molar-refractivity contribution is 7.15. The van der Waals surface area contributed by atoms with Gasteiger partial charge >= 0.3 is 0 Å². The number of methoxy groups -OCH3 is 1. The zero-order valence-corrected chi connectivity index (χ0v) is 17.5. The average molecular weight is 397 g/mol. The number of rotatable bonds is 8. The van der Waals surface area contributed by atoms with Gasteiger partial charge in [0, 0.05) is 29.5 Å². The van der Waals surface area contributed by atoms with E-state index in [1.807, 2.05) is 18.7 Å². The molecule has 0 saturated heterocycles. The van der Waals surface area contributed by atoms with Gasteiger partial charge in [0.15, 0.2) is 0 Å². The maximum Gasteiger partial charge on any atom is 0.225 e. The van der Waals surface area contributed by atoms with E-state index in [-0.39, 0.29) is 30.5 Å². The zero-order valence-electron chi connectivity index (χ0n) is 15.9. The Morgan fingerprint density at radius 3 is 2.38 bits per heavy atom. The number of hydrogen-bond donors (Lipinski definition) is 1. The molecule has 0 bridgehead atoms. The van der Waals surface area contributed by atoms with Crippen molar-refractivity contribution in [3.8, 4) is 10.4 Å². The van der Waals surface area contributed by atoms with Crippen LogP contribution in [-0.4, -0.2) is 36.6 Å². The summed E-state index contributed by atoms with van der Waals surface area (Å²) in [6, 6.07) is 12.9. The second kappa shape index (κ2) is 10.7. The first kappa shape index (κ1) is 22.6. The molecule has 1 aromatic carbocycles. The van der Waals surface area contributed by atoms with Crippen LogP contribution in [0.5, 0.6) is 0 Å². The second-order valence-corrected chi connectivity index (χ2v) is 7.71. The molecule has 2 rings (SSSR count). The first-order valence-electron chi connectivity index (χ1n) is 8.62. The van der Waals surface area contributed by atoms with Gasteiger partial charge in [-0.2, -0.15) is 0 Å². The van der Waals surface area contributed by atoms with Crippen molar-refractivity contribution in [1.29, 1.82) is 0 Å². The van der Waals surface area contributed by atoms with Gasteiger partial charge in [0.2, 0.25) is 5.91 Å². The molecule has 2 N–H and O–H groups in total.